The van der Waals surface area contributed by atoms with E-state index in [2.05, 4.69) is 19.3 Å². The van der Waals surface area contributed by atoms with Crippen LogP contribution in [0.5, 0.6) is 0 Å². The molecule has 2 fully saturated rings. The van der Waals surface area contributed by atoms with Crippen molar-refractivity contribution in [1.82, 2.24) is 5.32 Å². The van der Waals surface area contributed by atoms with E-state index in [4.69, 9.17) is 4.74 Å². The molecule has 1 saturated heterocycles. The molecule has 1 aliphatic heterocycles. The molecule has 1 aliphatic carbocycles. The fraction of sp³-hybridized carbons (Fsp3) is 1.00. The Labute approximate surface area is 107 Å². The first-order valence-corrected chi connectivity index (χ1v) is 7.58. The summed E-state index contributed by atoms with van der Waals surface area (Å²) in [7, 11) is 2.15. The third-order valence-corrected chi connectivity index (χ3v) is 5.02. The van der Waals surface area contributed by atoms with E-state index in [0.29, 0.717) is 0 Å². The summed E-state index contributed by atoms with van der Waals surface area (Å²) >= 11 is 0. The van der Waals surface area contributed by atoms with Crippen LogP contribution in [0, 0.1) is 17.8 Å². The molecule has 0 spiro atoms. The first kappa shape index (κ1) is 13.4. The van der Waals surface area contributed by atoms with E-state index >= 15 is 0 Å². The lowest BCUT2D eigenvalue weighted by atomic mass is 9.72. The Kier molecular flexibility index (Phi) is 5.30. The van der Waals surface area contributed by atoms with Crippen LogP contribution in [0.15, 0.2) is 0 Å². The van der Waals surface area contributed by atoms with Crippen LogP contribution in [0.2, 0.25) is 0 Å². The van der Waals surface area contributed by atoms with Gasteiger partial charge in [0, 0.05) is 19.3 Å². The summed E-state index contributed by atoms with van der Waals surface area (Å²) in [4.78, 5) is 0. The van der Waals surface area contributed by atoms with E-state index in [0.717, 1.165) is 37.0 Å². The van der Waals surface area contributed by atoms with E-state index < -0.39 is 0 Å². The molecule has 2 rings (SSSR count). The van der Waals surface area contributed by atoms with E-state index in [1.165, 1.54) is 44.9 Å². The Morgan fingerprint density at radius 1 is 1.06 bits per heavy atom. The lowest BCUT2D eigenvalue weighted by Gasteiger charge is -2.38. The third-order valence-electron chi connectivity index (χ3n) is 5.02. The van der Waals surface area contributed by atoms with Crippen molar-refractivity contribution in [3.05, 3.63) is 0 Å². The third kappa shape index (κ3) is 3.69. The van der Waals surface area contributed by atoms with Gasteiger partial charge in [0.05, 0.1) is 0 Å². The van der Waals surface area contributed by atoms with Crippen molar-refractivity contribution >= 4 is 0 Å². The summed E-state index contributed by atoms with van der Waals surface area (Å²) in [6.45, 7) is 4.35. The maximum atomic E-state index is 5.47. The summed E-state index contributed by atoms with van der Waals surface area (Å²) in [6.07, 6.45) is 9.69. The molecule has 100 valence electrons. The van der Waals surface area contributed by atoms with Gasteiger partial charge in [-0.05, 0) is 63.3 Å². The number of hydrogen-bond acceptors (Lipinski definition) is 2. The maximum absolute atomic E-state index is 5.47. The summed E-state index contributed by atoms with van der Waals surface area (Å²) in [5, 5.41) is 3.56. The van der Waals surface area contributed by atoms with Gasteiger partial charge >= 0.3 is 0 Å². The van der Waals surface area contributed by atoms with Crippen molar-refractivity contribution in [2.45, 2.75) is 57.9 Å². The van der Waals surface area contributed by atoms with Crippen molar-refractivity contribution in [2.24, 2.45) is 17.8 Å². The quantitative estimate of drug-likeness (QED) is 0.813. The minimum atomic E-state index is 0.778. The highest BCUT2D eigenvalue weighted by atomic mass is 16.5. The van der Waals surface area contributed by atoms with Crippen molar-refractivity contribution in [3.63, 3.8) is 0 Å². The predicted molar refractivity (Wildman–Crippen MR) is 72.1 cm³/mol. The van der Waals surface area contributed by atoms with Crippen LogP contribution in [0.4, 0.5) is 0 Å². The molecular weight excluding hydrogens is 210 g/mol. The summed E-state index contributed by atoms with van der Waals surface area (Å²) in [6, 6.07) is 0.778. The number of ether oxygens (including phenoxy) is 1. The molecule has 2 heteroatoms. The summed E-state index contributed by atoms with van der Waals surface area (Å²) in [5.41, 5.74) is 0. The monoisotopic (exact) mass is 239 g/mol. The molecule has 0 aromatic carbocycles. The Morgan fingerprint density at radius 3 is 2.47 bits per heavy atom. The van der Waals surface area contributed by atoms with Gasteiger partial charge in [0.2, 0.25) is 0 Å². The molecule has 0 bridgehead atoms. The molecule has 0 aromatic heterocycles. The van der Waals surface area contributed by atoms with Crippen LogP contribution in [0.25, 0.3) is 0 Å². The molecule has 2 nitrogen and oxygen atoms in total. The maximum Gasteiger partial charge on any atom is 0.0468 e. The number of rotatable bonds is 4. The fourth-order valence-corrected chi connectivity index (χ4v) is 3.78. The van der Waals surface area contributed by atoms with Crippen LogP contribution in [0.3, 0.4) is 0 Å². The average molecular weight is 239 g/mol. The van der Waals surface area contributed by atoms with E-state index in [1.807, 2.05) is 0 Å². The molecule has 17 heavy (non-hydrogen) atoms. The van der Waals surface area contributed by atoms with Crippen LogP contribution < -0.4 is 5.32 Å². The average Bonchev–Trinajstić information content (AvgIpc) is 2.40. The van der Waals surface area contributed by atoms with Crippen LogP contribution in [-0.4, -0.2) is 26.3 Å². The SMILES string of the molecule is CCC1CCC(NC)C(CC2CCOCC2)C1. The van der Waals surface area contributed by atoms with Crippen molar-refractivity contribution in [1.29, 1.82) is 0 Å². The van der Waals surface area contributed by atoms with Gasteiger partial charge < -0.3 is 10.1 Å². The zero-order chi connectivity index (χ0) is 12.1. The molecule has 1 heterocycles. The second kappa shape index (κ2) is 6.75. The zero-order valence-electron chi connectivity index (χ0n) is 11.6. The lowest BCUT2D eigenvalue weighted by Crippen LogP contribution is -2.40. The van der Waals surface area contributed by atoms with Gasteiger partial charge in [-0.2, -0.15) is 0 Å². The van der Waals surface area contributed by atoms with E-state index in [-0.39, 0.29) is 0 Å². The van der Waals surface area contributed by atoms with Gasteiger partial charge in [-0.3, -0.25) is 0 Å². The molecule has 1 saturated carbocycles. The topological polar surface area (TPSA) is 21.3 Å². The Balaban J connectivity index is 1.85. The molecule has 3 unspecified atom stereocenters. The Hall–Kier alpha value is -0.0800. The van der Waals surface area contributed by atoms with Gasteiger partial charge in [0.25, 0.3) is 0 Å². The van der Waals surface area contributed by atoms with E-state index in [1.54, 1.807) is 0 Å². The Morgan fingerprint density at radius 2 is 1.82 bits per heavy atom. The molecule has 0 amide bonds. The second-order valence-electron chi connectivity index (χ2n) is 6.03. The van der Waals surface area contributed by atoms with Crippen LogP contribution in [0.1, 0.15) is 51.9 Å². The highest BCUT2D eigenvalue weighted by Crippen LogP contribution is 2.36. The minimum absolute atomic E-state index is 0.778. The van der Waals surface area contributed by atoms with Gasteiger partial charge in [-0.25, -0.2) is 0 Å². The summed E-state index contributed by atoms with van der Waals surface area (Å²) < 4.78 is 5.47. The molecule has 1 N–H and O–H groups in total. The smallest absolute Gasteiger partial charge is 0.0468 e. The predicted octanol–water partition coefficient (Wildman–Crippen LogP) is 3.22. The largest absolute Gasteiger partial charge is 0.381 e. The van der Waals surface area contributed by atoms with Gasteiger partial charge in [-0.15, -0.1) is 0 Å². The highest BCUT2D eigenvalue weighted by molar-refractivity contribution is 4.85. The first-order valence-electron chi connectivity index (χ1n) is 7.58. The molecule has 2 aliphatic rings. The van der Waals surface area contributed by atoms with Crippen molar-refractivity contribution in [3.8, 4) is 0 Å². The van der Waals surface area contributed by atoms with Crippen LogP contribution in [-0.2, 0) is 4.74 Å². The van der Waals surface area contributed by atoms with Gasteiger partial charge in [-0.1, -0.05) is 13.3 Å². The normalized spacial score (nSPS) is 36.0. The number of nitrogens with one attached hydrogen (secondary N) is 1. The van der Waals surface area contributed by atoms with Gasteiger partial charge in [0.1, 0.15) is 0 Å². The second-order valence-corrected chi connectivity index (χ2v) is 6.03. The molecular formula is C15H29NO. The van der Waals surface area contributed by atoms with E-state index in [9.17, 15) is 0 Å². The fourth-order valence-electron chi connectivity index (χ4n) is 3.78. The highest BCUT2D eigenvalue weighted by Gasteiger charge is 2.30. The lowest BCUT2D eigenvalue weighted by molar-refractivity contribution is 0.0504. The minimum Gasteiger partial charge on any atom is -0.381 e. The van der Waals surface area contributed by atoms with Gasteiger partial charge in [0.15, 0.2) is 0 Å². The zero-order valence-corrected chi connectivity index (χ0v) is 11.6. The number of hydrogen-bond donors (Lipinski definition) is 1. The first-order chi connectivity index (χ1) is 8.33. The standard InChI is InChI=1S/C15H29NO/c1-3-12-4-5-15(16-2)14(10-12)11-13-6-8-17-9-7-13/h12-16H,3-11H2,1-2H3. The molecule has 3 atom stereocenters. The van der Waals surface area contributed by atoms with Crippen molar-refractivity contribution < 1.29 is 4.74 Å². The Bertz CT molecular complexity index is 213. The summed E-state index contributed by atoms with van der Waals surface area (Å²) in [5.74, 6) is 2.84. The molecule has 0 aromatic rings. The molecule has 0 radical (unpaired) electrons. The van der Waals surface area contributed by atoms with Crippen LogP contribution >= 0.6 is 0 Å². The van der Waals surface area contributed by atoms with Crippen molar-refractivity contribution in [2.75, 3.05) is 20.3 Å².